The number of hydrogen-bond acceptors (Lipinski definition) is 6. The molecule has 88 valence electrons. The van der Waals surface area contributed by atoms with E-state index in [9.17, 15) is 4.79 Å². The fourth-order valence-corrected chi connectivity index (χ4v) is 1.38. The van der Waals surface area contributed by atoms with Gasteiger partial charge in [-0.1, -0.05) is 11.6 Å². The Bertz CT molecular complexity index is 541. The van der Waals surface area contributed by atoms with E-state index in [1.54, 1.807) is 6.92 Å². The van der Waals surface area contributed by atoms with Gasteiger partial charge in [-0.25, -0.2) is 19.7 Å². The van der Waals surface area contributed by atoms with Crippen molar-refractivity contribution in [1.29, 1.82) is 0 Å². The minimum absolute atomic E-state index is 0.00150. The molecule has 0 aliphatic carbocycles. The minimum atomic E-state index is -0.588. The van der Waals surface area contributed by atoms with Gasteiger partial charge in [0.1, 0.15) is 17.2 Å². The number of aromatic nitrogens is 3. The van der Waals surface area contributed by atoms with Crippen LogP contribution >= 0.6 is 11.6 Å². The Morgan fingerprint density at radius 2 is 2.29 bits per heavy atom. The summed E-state index contributed by atoms with van der Waals surface area (Å²) in [6.45, 7) is 1.96. The van der Waals surface area contributed by atoms with Crippen molar-refractivity contribution in [2.24, 2.45) is 0 Å². The summed E-state index contributed by atoms with van der Waals surface area (Å²) in [7, 11) is 0. The highest BCUT2D eigenvalue weighted by molar-refractivity contribution is 6.29. The first-order chi connectivity index (χ1) is 8.22. The van der Waals surface area contributed by atoms with Crippen LogP contribution < -0.4 is 0 Å². The van der Waals surface area contributed by atoms with E-state index in [1.807, 2.05) is 0 Å². The van der Waals surface area contributed by atoms with Crippen LogP contribution in [0.2, 0.25) is 5.15 Å². The van der Waals surface area contributed by atoms with Crippen molar-refractivity contribution in [1.82, 2.24) is 15.0 Å². The summed E-state index contributed by atoms with van der Waals surface area (Å²) >= 11 is 5.73. The zero-order valence-electron chi connectivity index (χ0n) is 8.88. The molecule has 0 aromatic carbocycles. The van der Waals surface area contributed by atoms with E-state index in [4.69, 9.17) is 20.8 Å². The Balaban J connectivity index is 2.40. The van der Waals surface area contributed by atoms with Crippen LogP contribution in [0.4, 0.5) is 0 Å². The SMILES string of the molecule is CCOC(=O)c1ocnc1-c1cc(Cl)ncn1. The van der Waals surface area contributed by atoms with E-state index in [1.165, 1.54) is 12.4 Å². The Morgan fingerprint density at radius 1 is 1.47 bits per heavy atom. The van der Waals surface area contributed by atoms with Gasteiger partial charge in [-0.3, -0.25) is 0 Å². The van der Waals surface area contributed by atoms with Crippen LogP contribution in [0.5, 0.6) is 0 Å². The van der Waals surface area contributed by atoms with Crippen LogP contribution in [-0.4, -0.2) is 27.5 Å². The van der Waals surface area contributed by atoms with Gasteiger partial charge < -0.3 is 9.15 Å². The van der Waals surface area contributed by atoms with Gasteiger partial charge in [0, 0.05) is 6.07 Å². The molecule has 17 heavy (non-hydrogen) atoms. The highest BCUT2D eigenvalue weighted by Gasteiger charge is 2.20. The zero-order valence-corrected chi connectivity index (χ0v) is 9.64. The third-order valence-electron chi connectivity index (χ3n) is 1.90. The van der Waals surface area contributed by atoms with Gasteiger partial charge >= 0.3 is 5.97 Å². The highest BCUT2D eigenvalue weighted by Crippen LogP contribution is 2.22. The third-order valence-corrected chi connectivity index (χ3v) is 2.11. The van der Waals surface area contributed by atoms with Gasteiger partial charge in [-0.15, -0.1) is 0 Å². The lowest BCUT2D eigenvalue weighted by atomic mass is 10.2. The molecule has 0 aliphatic rings. The molecule has 0 amide bonds. The normalized spacial score (nSPS) is 10.2. The first-order valence-electron chi connectivity index (χ1n) is 4.81. The number of nitrogens with zero attached hydrogens (tertiary/aromatic N) is 3. The smallest absolute Gasteiger partial charge is 0.376 e. The number of oxazole rings is 1. The van der Waals surface area contributed by atoms with Crippen LogP contribution in [-0.2, 0) is 4.74 Å². The molecular formula is C10H8ClN3O3. The Labute approximate surface area is 102 Å². The Morgan fingerprint density at radius 3 is 3.00 bits per heavy atom. The van der Waals surface area contributed by atoms with Gasteiger partial charge in [-0.05, 0) is 6.92 Å². The first-order valence-corrected chi connectivity index (χ1v) is 5.18. The minimum Gasteiger partial charge on any atom is -0.460 e. The standard InChI is InChI=1S/C10H8ClN3O3/c1-2-16-10(15)9-8(14-5-17-9)6-3-7(11)13-4-12-6/h3-5H,2H2,1H3. The van der Waals surface area contributed by atoms with Gasteiger partial charge in [-0.2, -0.15) is 0 Å². The lowest BCUT2D eigenvalue weighted by Gasteiger charge is -2.00. The van der Waals surface area contributed by atoms with E-state index in [0.717, 1.165) is 6.39 Å². The lowest BCUT2D eigenvalue weighted by Crippen LogP contribution is -2.05. The molecule has 6 nitrogen and oxygen atoms in total. The highest BCUT2D eigenvalue weighted by atomic mass is 35.5. The Hall–Kier alpha value is -1.95. The van der Waals surface area contributed by atoms with Crippen LogP contribution in [0.1, 0.15) is 17.5 Å². The van der Waals surface area contributed by atoms with Crippen molar-refractivity contribution in [3.05, 3.63) is 29.7 Å². The molecule has 0 spiro atoms. The molecule has 2 aromatic heterocycles. The van der Waals surface area contributed by atoms with E-state index in [2.05, 4.69) is 15.0 Å². The van der Waals surface area contributed by atoms with Gasteiger partial charge in [0.2, 0.25) is 5.76 Å². The summed E-state index contributed by atoms with van der Waals surface area (Å²) in [6.07, 6.45) is 2.43. The third kappa shape index (κ3) is 2.42. The number of ether oxygens (including phenoxy) is 1. The van der Waals surface area contributed by atoms with Crippen molar-refractivity contribution >= 4 is 17.6 Å². The van der Waals surface area contributed by atoms with Gasteiger partial charge in [0.25, 0.3) is 0 Å². The molecule has 2 heterocycles. The van der Waals surface area contributed by atoms with Crippen LogP contribution in [0.3, 0.4) is 0 Å². The van der Waals surface area contributed by atoms with Crippen molar-refractivity contribution in [2.75, 3.05) is 6.61 Å². The summed E-state index contributed by atoms with van der Waals surface area (Å²) in [6, 6.07) is 1.49. The molecule has 2 rings (SSSR count). The number of hydrogen-bond donors (Lipinski definition) is 0. The maximum atomic E-state index is 11.6. The second kappa shape index (κ2) is 4.92. The van der Waals surface area contributed by atoms with Crippen molar-refractivity contribution in [2.45, 2.75) is 6.92 Å². The average Bonchev–Trinajstić information content (AvgIpc) is 2.78. The second-order valence-electron chi connectivity index (χ2n) is 2.98. The number of halogens is 1. The van der Waals surface area contributed by atoms with Crippen molar-refractivity contribution < 1.29 is 13.9 Å². The van der Waals surface area contributed by atoms with Crippen LogP contribution in [0.25, 0.3) is 11.4 Å². The largest absolute Gasteiger partial charge is 0.460 e. The topological polar surface area (TPSA) is 78.1 Å². The molecule has 7 heteroatoms. The molecule has 0 bridgehead atoms. The summed E-state index contributed by atoms with van der Waals surface area (Å²) in [5.74, 6) is -0.587. The number of rotatable bonds is 3. The van der Waals surface area contributed by atoms with Crippen LogP contribution in [0, 0.1) is 0 Å². The van der Waals surface area contributed by atoms with E-state index < -0.39 is 5.97 Å². The molecule has 0 aliphatic heterocycles. The molecule has 0 N–H and O–H groups in total. The fraction of sp³-hybridized carbons (Fsp3) is 0.200. The molecule has 0 radical (unpaired) electrons. The summed E-state index contributed by atoms with van der Waals surface area (Å²) in [4.78, 5) is 23.2. The molecule has 0 saturated carbocycles. The molecular weight excluding hydrogens is 246 g/mol. The number of carbonyl (C=O) groups is 1. The monoisotopic (exact) mass is 253 g/mol. The second-order valence-corrected chi connectivity index (χ2v) is 3.36. The van der Waals surface area contributed by atoms with E-state index >= 15 is 0 Å². The van der Waals surface area contributed by atoms with E-state index in [0.29, 0.717) is 5.69 Å². The number of carbonyl (C=O) groups excluding carboxylic acids is 1. The molecule has 2 aromatic rings. The molecule has 0 unspecified atom stereocenters. The molecule has 0 fully saturated rings. The van der Waals surface area contributed by atoms with E-state index in [-0.39, 0.29) is 23.2 Å². The zero-order chi connectivity index (χ0) is 12.3. The maximum absolute atomic E-state index is 11.6. The van der Waals surface area contributed by atoms with Gasteiger partial charge in [0.05, 0.1) is 12.3 Å². The van der Waals surface area contributed by atoms with Crippen molar-refractivity contribution in [3.8, 4) is 11.4 Å². The quantitative estimate of drug-likeness (QED) is 0.615. The van der Waals surface area contributed by atoms with Crippen LogP contribution in [0.15, 0.2) is 23.2 Å². The Kier molecular flexibility index (Phi) is 3.34. The summed E-state index contributed by atoms with van der Waals surface area (Å²) in [5.41, 5.74) is 0.689. The summed E-state index contributed by atoms with van der Waals surface area (Å²) < 4.78 is 9.81. The molecule has 0 atom stereocenters. The number of esters is 1. The molecule has 0 saturated heterocycles. The maximum Gasteiger partial charge on any atom is 0.376 e. The fourth-order valence-electron chi connectivity index (χ4n) is 1.23. The first kappa shape index (κ1) is 11.5. The van der Waals surface area contributed by atoms with Crippen molar-refractivity contribution in [3.63, 3.8) is 0 Å². The predicted octanol–water partition coefficient (Wildman–Crippen LogP) is 1.96. The van der Waals surface area contributed by atoms with Gasteiger partial charge in [0.15, 0.2) is 6.39 Å². The average molecular weight is 254 g/mol. The predicted molar refractivity (Wildman–Crippen MR) is 58.5 cm³/mol. The summed E-state index contributed by atoms with van der Waals surface area (Å²) in [5, 5.41) is 0.257. The lowest BCUT2D eigenvalue weighted by molar-refractivity contribution is 0.0491.